The summed E-state index contributed by atoms with van der Waals surface area (Å²) in [5.41, 5.74) is 4.35. The standard InChI is InChI=1S/C19H13N3O3/c23-19-14(6-13-7-17-18(8-16(13)19)25-11-24-17)5-12-1-3-15(4-2-12)22-10-20-9-21-22/h1-5,7-10H,6,11H2/b14-5+. The second kappa shape index (κ2) is 5.31. The van der Waals surface area contributed by atoms with Crippen LogP contribution in [0.15, 0.2) is 54.6 Å². The zero-order valence-corrected chi connectivity index (χ0v) is 13.2. The summed E-state index contributed by atoms with van der Waals surface area (Å²) < 4.78 is 12.5. The zero-order chi connectivity index (χ0) is 16.8. The average molecular weight is 331 g/mol. The molecule has 2 heterocycles. The van der Waals surface area contributed by atoms with Crippen molar-refractivity contribution in [3.63, 3.8) is 0 Å². The molecule has 0 spiro atoms. The van der Waals surface area contributed by atoms with Gasteiger partial charge in [-0.25, -0.2) is 9.67 Å². The van der Waals surface area contributed by atoms with Gasteiger partial charge in [0, 0.05) is 17.6 Å². The van der Waals surface area contributed by atoms with E-state index in [0.29, 0.717) is 23.5 Å². The van der Waals surface area contributed by atoms with Crippen LogP contribution in [-0.4, -0.2) is 27.3 Å². The lowest BCUT2D eigenvalue weighted by atomic mass is 10.1. The molecule has 2 aromatic carbocycles. The van der Waals surface area contributed by atoms with Crippen molar-refractivity contribution in [2.45, 2.75) is 6.42 Å². The number of nitrogens with zero attached hydrogens (tertiary/aromatic N) is 3. The van der Waals surface area contributed by atoms with Crippen molar-refractivity contribution in [2.75, 3.05) is 6.79 Å². The maximum atomic E-state index is 12.7. The van der Waals surface area contributed by atoms with Gasteiger partial charge in [0.15, 0.2) is 17.3 Å². The fourth-order valence-corrected chi connectivity index (χ4v) is 3.18. The topological polar surface area (TPSA) is 66.2 Å². The van der Waals surface area contributed by atoms with Gasteiger partial charge >= 0.3 is 0 Å². The van der Waals surface area contributed by atoms with Gasteiger partial charge < -0.3 is 9.47 Å². The normalized spacial score (nSPS) is 16.5. The molecule has 0 atom stereocenters. The molecular formula is C19H13N3O3. The number of ketones is 1. The second-order valence-corrected chi connectivity index (χ2v) is 5.97. The van der Waals surface area contributed by atoms with Crippen molar-refractivity contribution in [1.82, 2.24) is 14.8 Å². The van der Waals surface area contributed by atoms with Crippen LogP contribution in [0.3, 0.4) is 0 Å². The predicted octanol–water partition coefficient (Wildman–Crippen LogP) is 2.82. The molecule has 0 unspecified atom stereocenters. The van der Waals surface area contributed by atoms with Crippen LogP contribution in [-0.2, 0) is 6.42 Å². The summed E-state index contributed by atoms with van der Waals surface area (Å²) in [4.78, 5) is 16.6. The second-order valence-electron chi connectivity index (χ2n) is 5.97. The molecule has 6 heteroatoms. The molecule has 122 valence electrons. The van der Waals surface area contributed by atoms with Gasteiger partial charge in [-0.15, -0.1) is 0 Å². The largest absolute Gasteiger partial charge is 0.454 e. The number of benzene rings is 2. The minimum absolute atomic E-state index is 0.0497. The molecule has 6 nitrogen and oxygen atoms in total. The van der Waals surface area contributed by atoms with Gasteiger partial charge in [-0.1, -0.05) is 12.1 Å². The summed E-state index contributed by atoms with van der Waals surface area (Å²) >= 11 is 0. The number of ether oxygens (including phenoxy) is 2. The number of fused-ring (bicyclic) bond motifs is 2. The van der Waals surface area contributed by atoms with E-state index >= 15 is 0 Å². The van der Waals surface area contributed by atoms with Gasteiger partial charge in [0.2, 0.25) is 6.79 Å². The number of Topliss-reactive ketones (excluding diaryl/α,β-unsaturated/α-hetero) is 1. The van der Waals surface area contributed by atoms with E-state index in [-0.39, 0.29) is 12.6 Å². The molecule has 0 amide bonds. The maximum Gasteiger partial charge on any atom is 0.231 e. The van der Waals surface area contributed by atoms with Gasteiger partial charge in [-0.2, -0.15) is 5.10 Å². The molecule has 0 radical (unpaired) electrons. The van der Waals surface area contributed by atoms with Crippen molar-refractivity contribution in [3.05, 3.63) is 71.3 Å². The minimum Gasteiger partial charge on any atom is -0.454 e. The van der Waals surface area contributed by atoms with E-state index in [4.69, 9.17) is 9.47 Å². The molecule has 1 aliphatic carbocycles. The highest BCUT2D eigenvalue weighted by Crippen LogP contribution is 2.39. The Bertz CT molecular complexity index is 1010. The van der Waals surface area contributed by atoms with Crippen molar-refractivity contribution in [2.24, 2.45) is 0 Å². The lowest BCUT2D eigenvalue weighted by molar-refractivity contribution is 0.104. The van der Waals surface area contributed by atoms with Crippen LogP contribution in [0.5, 0.6) is 11.5 Å². The summed E-state index contributed by atoms with van der Waals surface area (Å²) in [5, 5.41) is 4.10. The van der Waals surface area contributed by atoms with E-state index in [9.17, 15) is 4.79 Å². The van der Waals surface area contributed by atoms with Crippen molar-refractivity contribution >= 4 is 11.9 Å². The third-order valence-electron chi connectivity index (χ3n) is 4.43. The van der Waals surface area contributed by atoms with Crippen LogP contribution >= 0.6 is 0 Å². The Hall–Kier alpha value is -3.41. The van der Waals surface area contributed by atoms with E-state index in [0.717, 1.165) is 22.4 Å². The number of carbonyl (C=O) groups is 1. The summed E-state index contributed by atoms with van der Waals surface area (Å²) in [6.45, 7) is 0.216. The fraction of sp³-hybridized carbons (Fsp3) is 0.105. The Labute approximate surface area is 143 Å². The first-order chi connectivity index (χ1) is 12.3. The molecule has 1 aliphatic heterocycles. The van der Waals surface area contributed by atoms with E-state index in [1.807, 2.05) is 36.4 Å². The van der Waals surface area contributed by atoms with Crippen molar-refractivity contribution in [3.8, 4) is 17.2 Å². The smallest absolute Gasteiger partial charge is 0.231 e. The first-order valence-electron chi connectivity index (χ1n) is 7.91. The Morgan fingerprint density at radius 1 is 1.08 bits per heavy atom. The molecule has 0 bridgehead atoms. The number of hydrogen-bond acceptors (Lipinski definition) is 5. The molecule has 1 aromatic heterocycles. The highest BCUT2D eigenvalue weighted by Gasteiger charge is 2.28. The number of carbonyl (C=O) groups excluding carboxylic acids is 1. The SMILES string of the molecule is O=C1/C(=C/c2ccc(-n3cncn3)cc2)Cc2cc3c(cc21)OCO3. The van der Waals surface area contributed by atoms with Crippen molar-refractivity contribution in [1.29, 1.82) is 0 Å². The summed E-state index contributed by atoms with van der Waals surface area (Å²) in [5.74, 6) is 1.41. The molecule has 0 saturated heterocycles. The van der Waals surface area contributed by atoms with Crippen LogP contribution in [0.4, 0.5) is 0 Å². The monoisotopic (exact) mass is 331 g/mol. The molecule has 0 N–H and O–H groups in total. The molecule has 0 saturated carbocycles. The zero-order valence-electron chi connectivity index (χ0n) is 13.2. The Kier molecular flexibility index (Phi) is 2.97. The predicted molar refractivity (Wildman–Crippen MR) is 89.9 cm³/mol. The Balaban J connectivity index is 1.45. The van der Waals surface area contributed by atoms with Crippen LogP contribution in [0, 0.1) is 0 Å². The van der Waals surface area contributed by atoms with E-state index in [1.54, 1.807) is 17.1 Å². The van der Waals surface area contributed by atoms with Gasteiger partial charge in [-0.3, -0.25) is 4.79 Å². The lowest BCUT2D eigenvalue weighted by Crippen LogP contribution is -1.96. The first kappa shape index (κ1) is 14.0. The molecular weight excluding hydrogens is 318 g/mol. The highest BCUT2D eigenvalue weighted by molar-refractivity contribution is 6.16. The van der Waals surface area contributed by atoms with Crippen LogP contribution < -0.4 is 9.47 Å². The van der Waals surface area contributed by atoms with Crippen LogP contribution in [0.1, 0.15) is 21.5 Å². The van der Waals surface area contributed by atoms with Crippen LogP contribution in [0.2, 0.25) is 0 Å². The van der Waals surface area contributed by atoms with Gasteiger partial charge in [0.1, 0.15) is 12.7 Å². The van der Waals surface area contributed by atoms with Gasteiger partial charge in [-0.05, 0) is 41.5 Å². The molecule has 3 aromatic rings. The Morgan fingerprint density at radius 2 is 1.88 bits per heavy atom. The van der Waals surface area contributed by atoms with Crippen LogP contribution in [0.25, 0.3) is 11.8 Å². The third kappa shape index (κ3) is 2.30. The molecule has 5 rings (SSSR count). The highest BCUT2D eigenvalue weighted by atomic mass is 16.7. The number of hydrogen-bond donors (Lipinski definition) is 0. The average Bonchev–Trinajstić information content (AvgIpc) is 3.36. The van der Waals surface area contributed by atoms with E-state index in [2.05, 4.69) is 10.1 Å². The lowest BCUT2D eigenvalue weighted by Gasteiger charge is -2.01. The molecule has 2 aliphatic rings. The molecule has 25 heavy (non-hydrogen) atoms. The van der Waals surface area contributed by atoms with Gasteiger partial charge in [0.25, 0.3) is 0 Å². The molecule has 0 fully saturated rings. The maximum absolute atomic E-state index is 12.7. The number of allylic oxidation sites excluding steroid dienone is 1. The quantitative estimate of drug-likeness (QED) is 0.676. The third-order valence-corrected chi connectivity index (χ3v) is 4.43. The minimum atomic E-state index is 0.0497. The summed E-state index contributed by atoms with van der Waals surface area (Å²) in [6.07, 6.45) is 5.68. The summed E-state index contributed by atoms with van der Waals surface area (Å²) in [6, 6.07) is 11.5. The Morgan fingerprint density at radius 3 is 2.64 bits per heavy atom. The van der Waals surface area contributed by atoms with Crippen molar-refractivity contribution < 1.29 is 14.3 Å². The fourth-order valence-electron chi connectivity index (χ4n) is 3.18. The van der Waals surface area contributed by atoms with E-state index in [1.165, 1.54) is 6.33 Å². The number of aromatic nitrogens is 3. The summed E-state index contributed by atoms with van der Waals surface area (Å²) in [7, 11) is 0. The number of rotatable bonds is 2. The first-order valence-corrected chi connectivity index (χ1v) is 7.91. The van der Waals surface area contributed by atoms with E-state index < -0.39 is 0 Å². The van der Waals surface area contributed by atoms with Gasteiger partial charge in [0.05, 0.1) is 5.69 Å².